The molecular formula is C27H29BrFN3O5. The number of likely N-dealkylation sites (tertiary alicyclic amines) is 1. The number of alkyl halides is 1. The van der Waals surface area contributed by atoms with Gasteiger partial charge in [-0.1, -0.05) is 18.2 Å². The number of aromatic nitrogens is 1. The van der Waals surface area contributed by atoms with Gasteiger partial charge in [0.15, 0.2) is 5.58 Å². The first-order valence-corrected chi connectivity index (χ1v) is 13.4. The van der Waals surface area contributed by atoms with Gasteiger partial charge in [-0.05, 0) is 84.3 Å². The molecule has 0 spiro atoms. The van der Waals surface area contributed by atoms with Crippen molar-refractivity contribution in [2.24, 2.45) is 5.92 Å². The average Bonchev–Trinajstić information content (AvgIpc) is 3.56. The first-order chi connectivity index (χ1) is 17.8. The number of fused-ring (bicyclic) bond motifs is 1. The van der Waals surface area contributed by atoms with E-state index in [2.05, 4.69) is 26.2 Å². The Bertz CT molecular complexity index is 1290. The maximum absolute atomic E-state index is 16.4. The molecule has 0 amide bonds. The van der Waals surface area contributed by atoms with Crippen LogP contribution in [-0.2, 0) is 20.7 Å². The molecule has 1 aromatic heterocycles. The lowest BCUT2D eigenvalue weighted by Gasteiger charge is -2.37. The lowest BCUT2D eigenvalue weighted by atomic mass is 9.87. The Kier molecular flexibility index (Phi) is 7.60. The molecule has 1 unspecified atom stereocenters. The molecule has 0 bridgehead atoms. The van der Waals surface area contributed by atoms with Crippen molar-refractivity contribution in [1.82, 2.24) is 9.88 Å². The number of carbonyl (C=O) groups is 2. The highest BCUT2D eigenvalue weighted by atomic mass is 79.9. The van der Waals surface area contributed by atoms with Crippen LogP contribution in [0.4, 0.5) is 16.1 Å². The van der Waals surface area contributed by atoms with Crippen LogP contribution in [0.5, 0.6) is 0 Å². The minimum atomic E-state index is -2.54. The summed E-state index contributed by atoms with van der Waals surface area (Å²) < 4.78 is 29.0. The van der Waals surface area contributed by atoms with Gasteiger partial charge < -0.3 is 19.6 Å². The molecule has 2 heterocycles. The number of oxazole rings is 1. The summed E-state index contributed by atoms with van der Waals surface area (Å²) in [7, 11) is 0. The number of nitrogens with one attached hydrogen (secondary N) is 1. The van der Waals surface area contributed by atoms with E-state index in [4.69, 9.17) is 9.15 Å². The number of Topliss-reactive ketones (excluding diaryl/α,β-unsaturated/α-hetero) is 1. The van der Waals surface area contributed by atoms with Crippen LogP contribution in [0.2, 0.25) is 0 Å². The van der Waals surface area contributed by atoms with E-state index < -0.39 is 29.8 Å². The SMILES string of the molecule is O=C(O)C1CCC(OC(F)(C(=O)Cc2ccc3nc(Nc4ccccc4Br)oc3c2)N2CCCC2)CC1. The largest absolute Gasteiger partial charge is 0.481 e. The molecule has 196 valence electrons. The number of aliphatic carboxylic acids is 1. The van der Waals surface area contributed by atoms with Crippen LogP contribution in [0.1, 0.15) is 44.1 Å². The predicted octanol–water partition coefficient (Wildman–Crippen LogP) is 5.82. The average molecular weight is 574 g/mol. The Labute approximate surface area is 222 Å². The van der Waals surface area contributed by atoms with Gasteiger partial charge in [-0.15, -0.1) is 0 Å². The van der Waals surface area contributed by atoms with E-state index in [-0.39, 0.29) is 6.42 Å². The summed E-state index contributed by atoms with van der Waals surface area (Å²) in [5.74, 6) is -4.48. The molecule has 37 heavy (non-hydrogen) atoms. The van der Waals surface area contributed by atoms with Gasteiger partial charge in [-0.3, -0.25) is 9.59 Å². The van der Waals surface area contributed by atoms with Crippen molar-refractivity contribution in [3.8, 4) is 0 Å². The highest BCUT2D eigenvalue weighted by Crippen LogP contribution is 2.35. The van der Waals surface area contributed by atoms with Crippen molar-refractivity contribution in [3.05, 3.63) is 52.5 Å². The second-order valence-corrected chi connectivity index (χ2v) is 10.6. The number of hydrogen-bond acceptors (Lipinski definition) is 7. The number of benzene rings is 2. The van der Waals surface area contributed by atoms with Gasteiger partial charge in [0.1, 0.15) is 5.52 Å². The van der Waals surface area contributed by atoms with Gasteiger partial charge in [0, 0.05) is 24.0 Å². The normalized spacial score (nSPS) is 22.1. The second kappa shape index (κ2) is 10.9. The lowest BCUT2D eigenvalue weighted by molar-refractivity contribution is -0.252. The molecule has 1 aliphatic carbocycles. The Morgan fingerprint density at radius 3 is 2.59 bits per heavy atom. The van der Waals surface area contributed by atoms with Gasteiger partial charge in [0.2, 0.25) is 5.78 Å². The topological polar surface area (TPSA) is 105 Å². The van der Waals surface area contributed by atoms with Crippen LogP contribution >= 0.6 is 15.9 Å². The van der Waals surface area contributed by atoms with Crippen molar-refractivity contribution >= 4 is 50.5 Å². The minimum absolute atomic E-state index is 0.166. The molecule has 2 fully saturated rings. The third-order valence-electron chi connectivity index (χ3n) is 7.14. The van der Waals surface area contributed by atoms with Gasteiger partial charge in [0.25, 0.3) is 6.01 Å². The summed E-state index contributed by atoms with van der Waals surface area (Å²) in [4.78, 5) is 30.6. The monoisotopic (exact) mass is 573 g/mol. The van der Waals surface area contributed by atoms with Crippen LogP contribution in [0.15, 0.2) is 51.4 Å². The maximum Gasteiger partial charge on any atom is 0.330 e. The van der Waals surface area contributed by atoms with E-state index in [9.17, 15) is 14.7 Å². The highest BCUT2D eigenvalue weighted by Gasteiger charge is 2.48. The van der Waals surface area contributed by atoms with E-state index >= 15 is 4.39 Å². The van der Waals surface area contributed by atoms with Crippen LogP contribution in [0.3, 0.4) is 0 Å². The quantitative estimate of drug-likeness (QED) is 0.308. The van der Waals surface area contributed by atoms with Gasteiger partial charge in [-0.2, -0.15) is 9.37 Å². The standard InChI is InChI=1S/C27H29BrFN3O5/c28-20-5-1-2-6-21(20)30-26-31-22-12-7-17(15-23(22)36-26)16-24(33)27(29,32-13-3-4-14-32)37-19-10-8-18(9-11-19)25(34)35/h1-2,5-7,12,15,18-19H,3-4,8-11,13-14,16H2,(H,30,31)(H,34,35). The summed E-state index contributed by atoms with van der Waals surface area (Å²) >= 11 is 3.48. The number of carboxylic acid groups (broad SMARTS) is 1. The first-order valence-electron chi connectivity index (χ1n) is 12.6. The molecule has 1 saturated heterocycles. The number of carbonyl (C=O) groups excluding carboxylic acids is 1. The summed E-state index contributed by atoms with van der Waals surface area (Å²) in [6.07, 6.45) is 2.61. The van der Waals surface area contributed by atoms with Crippen molar-refractivity contribution in [2.45, 2.75) is 57.0 Å². The summed E-state index contributed by atoms with van der Waals surface area (Å²) in [5, 5.41) is 12.4. The fraction of sp³-hybridized carbons (Fsp3) is 0.444. The molecule has 5 rings (SSSR count). The van der Waals surface area contributed by atoms with E-state index in [0.29, 0.717) is 61.5 Å². The number of anilines is 2. The van der Waals surface area contributed by atoms with Crippen molar-refractivity contribution in [1.29, 1.82) is 0 Å². The molecule has 2 aromatic carbocycles. The van der Waals surface area contributed by atoms with Crippen molar-refractivity contribution in [3.63, 3.8) is 0 Å². The van der Waals surface area contributed by atoms with E-state index in [0.717, 1.165) is 23.0 Å². The van der Waals surface area contributed by atoms with Crippen LogP contribution < -0.4 is 5.32 Å². The summed E-state index contributed by atoms with van der Waals surface area (Å²) in [6.45, 7) is 0.885. The predicted molar refractivity (Wildman–Crippen MR) is 139 cm³/mol. The molecular weight excluding hydrogens is 545 g/mol. The van der Waals surface area contributed by atoms with Gasteiger partial charge in [-0.25, -0.2) is 4.90 Å². The summed E-state index contributed by atoms with van der Waals surface area (Å²) in [5.41, 5.74) is 2.49. The molecule has 1 saturated carbocycles. The number of nitrogens with zero attached hydrogens (tertiary/aromatic N) is 2. The summed E-state index contributed by atoms with van der Waals surface area (Å²) in [6, 6.07) is 13.1. The Morgan fingerprint density at radius 1 is 1.16 bits per heavy atom. The Morgan fingerprint density at radius 2 is 1.89 bits per heavy atom. The Balaban J connectivity index is 1.31. The molecule has 2 aliphatic rings. The number of ketones is 1. The van der Waals surface area contributed by atoms with Crippen molar-refractivity contribution in [2.75, 3.05) is 18.4 Å². The number of ether oxygens (including phenoxy) is 1. The molecule has 1 aliphatic heterocycles. The van der Waals surface area contributed by atoms with Crippen LogP contribution in [0.25, 0.3) is 11.1 Å². The Hall–Kier alpha value is -2.82. The van der Waals surface area contributed by atoms with E-state index in [1.165, 1.54) is 4.90 Å². The van der Waals surface area contributed by atoms with Gasteiger partial charge >= 0.3 is 11.9 Å². The number of halogens is 2. The number of hydrogen-bond donors (Lipinski definition) is 2. The molecule has 2 N–H and O–H groups in total. The zero-order valence-corrected chi connectivity index (χ0v) is 21.9. The van der Waals surface area contributed by atoms with Gasteiger partial charge in [0.05, 0.1) is 17.7 Å². The van der Waals surface area contributed by atoms with E-state index in [1.807, 2.05) is 24.3 Å². The lowest BCUT2D eigenvalue weighted by Crippen LogP contribution is -2.54. The fourth-order valence-electron chi connectivity index (χ4n) is 5.07. The molecule has 1 atom stereocenters. The zero-order chi connectivity index (χ0) is 26.0. The van der Waals surface area contributed by atoms with Crippen LogP contribution in [0, 0.1) is 5.92 Å². The highest BCUT2D eigenvalue weighted by molar-refractivity contribution is 9.10. The maximum atomic E-state index is 16.4. The number of carboxylic acids is 1. The zero-order valence-electron chi connectivity index (χ0n) is 20.3. The fourth-order valence-corrected chi connectivity index (χ4v) is 5.46. The first kappa shape index (κ1) is 25.8. The number of rotatable bonds is 9. The third-order valence-corrected chi connectivity index (χ3v) is 7.83. The van der Waals surface area contributed by atoms with Crippen molar-refractivity contribution < 1.29 is 28.2 Å². The molecule has 0 radical (unpaired) electrons. The number of para-hydroxylation sites is 1. The molecule has 3 aromatic rings. The smallest absolute Gasteiger partial charge is 0.330 e. The second-order valence-electron chi connectivity index (χ2n) is 9.71. The van der Waals surface area contributed by atoms with E-state index in [1.54, 1.807) is 18.2 Å². The van der Waals surface area contributed by atoms with Crippen LogP contribution in [-0.4, -0.2) is 51.9 Å². The minimum Gasteiger partial charge on any atom is -0.481 e. The molecule has 8 nitrogen and oxygen atoms in total. The molecule has 10 heteroatoms. The third kappa shape index (κ3) is 5.71.